The van der Waals surface area contributed by atoms with Crippen LogP contribution < -0.4 is 5.32 Å². The molecule has 0 saturated carbocycles. The van der Waals surface area contributed by atoms with Gasteiger partial charge in [-0.05, 0) is 19.1 Å². The Labute approximate surface area is 124 Å². The Morgan fingerprint density at radius 3 is 2.71 bits per heavy atom. The van der Waals surface area contributed by atoms with Gasteiger partial charge in [0.1, 0.15) is 10.7 Å². The number of thiazole rings is 1. The molecule has 0 amide bonds. The molecular formula is C14H13FN2O3S. The summed E-state index contributed by atoms with van der Waals surface area (Å²) in [7, 11) is 0. The van der Waals surface area contributed by atoms with E-state index in [2.05, 4.69) is 10.3 Å². The molecule has 2 rings (SSSR count). The topological polar surface area (TPSA) is 68.3 Å². The zero-order valence-corrected chi connectivity index (χ0v) is 12.3. The SMILES string of the molecule is CCOC(=O)c1nc(Nc2ccccc2F)sc1C(C)=O. The van der Waals surface area contributed by atoms with Crippen molar-refractivity contribution < 1.29 is 18.7 Å². The summed E-state index contributed by atoms with van der Waals surface area (Å²) in [6, 6.07) is 6.06. The Morgan fingerprint density at radius 1 is 1.38 bits per heavy atom. The highest BCUT2D eigenvalue weighted by atomic mass is 32.1. The third kappa shape index (κ3) is 3.43. The summed E-state index contributed by atoms with van der Waals surface area (Å²) in [5.41, 5.74) is 0.171. The summed E-state index contributed by atoms with van der Waals surface area (Å²) in [6.45, 7) is 3.18. The average Bonchev–Trinajstić information content (AvgIpc) is 2.86. The highest BCUT2D eigenvalue weighted by Gasteiger charge is 2.22. The van der Waals surface area contributed by atoms with Crippen LogP contribution in [0.1, 0.15) is 34.0 Å². The fourth-order valence-corrected chi connectivity index (χ4v) is 2.49. The second-order valence-electron chi connectivity index (χ2n) is 4.08. The fourth-order valence-electron chi connectivity index (χ4n) is 1.63. The van der Waals surface area contributed by atoms with Gasteiger partial charge in [-0.1, -0.05) is 23.5 Å². The van der Waals surface area contributed by atoms with Gasteiger partial charge in [0, 0.05) is 6.92 Å². The first kappa shape index (κ1) is 15.1. The van der Waals surface area contributed by atoms with E-state index in [9.17, 15) is 14.0 Å². The molecule has 0 aliphatic rings. The van der Waals surface area contributed by atoms with E-state index < -0.39 is 11.8 Å². The van der Waals surface area contributed by atoms with E-state index >= 15 is 0 Å². The number of carbonyl (C=O) groups is 2. The molecule has 0 radical (unpaired) electrons. The van der Waals surface area contributed by atoms with E-state index in [0.29, 0.717) is 0 Å². The molecule has 0 saturated heterocycles. The highest BCUT2D eigenvalue weighted by Crippen LogP contribution is 2.28. The molecule has 110 valence electrons. The normalized spacial score (nSPS) is 10.2. The van der Waals surface area contributed by atoms with Crippen LogP contribution in [-0.4, -0.2) is 23.3 Å². The molecule has 0 fully saturated rings. The van der Waals surface area contributed by atoms with Crippen molar-refractivity contribution in [3.8, 4) is 0 Å². The maximum atomic E-state index is 13.6. The van der Waals surface area contributed by atoms with Crippen molar-refractivity contribution in [2.45, 2.75) is 13.8 Å². The number of ketones is 1. The minimum absolute atomic E-state index is 0.0480. The van der Waals surface area contributed by atoms with Crippen molar-refractivity contribution >= 4 is 33.9 Å². The highest BCUT2D eigenvalue weighted by molar-refractivity contribution is 7.17. The van der Waals surface area contributed by atoms with Gasteiger partial charge in [0.25, 0.3) is 0 Å². The smallest absolute Gasteiger partial charge is 0.358 e. The molecule has 2 aromatic rings. The van der Waals surface area contributed by atoms with Crippen molar-refractivity contribution in [3.05, 3.63) is 40.7 Å². The quantitative estimate of drug-likeness (QED) is 0.677. The number of aromatic nitrogens is 1. The summed E-state index contributed by atoms with van der Waals surface area (Å²) >= 11 is 0.986. The monoisotopic (exact) mass is 308 g/mol. The summed E-state index contributed by atoms with van der Waals surface area (Å²) in [4.78, 5) is 27.6. The summed E-state index contributed by atoms with van der Waals surface area (Å²) in [6.07, 6.45) is 0. The zero-order valence-electron chi connectivity index (χ0n) is 11.5. The molecule has 21 heavy (non-hydrogen) atoms. The lowest BCUT2D eigenvalue weighted by atomic mass is 10.3. The van der Waals surface area contributed by atoms with Crippen LogP contribution in [0, 0.1) is 5.82 Å². The first-order valence-corrected chi connectivity index (χ1v) is 7.05. The summed E-state index contributed by atoms with van der Waals surface area (Å²) in [5.74, 6) is -1.41. The standard InChI is InChI=1S/C14H13FN2O3S/c1-3-20-13(19)11-12(8(2)18)21-14(17-11)16-10-7-5-4-6-9(10)15/h4-7H,3H2,1-2H3,(H,16,17). The maximum Gasteiger partial charge on any atom is 0.358 e. The molecule has 0 aliphatic heterocycles. The number of nitrogens with zero attached hydrogens (tertiary/aromatic N) is 1. The zero-order chi connectivity index (χ0) is 15.4. The van der Waals surface area contributed by atoms with Gasteiger partial charge in [-0.3, -0.25) is 4.79 Å². The first-order valence-electron chi connectivity index (χ1n) is 6.23. The van der Waals surface area contributed by atoms with Gasteiger partial charge in [-0.25, -0.2) is 14.2 Å². The number of hydrogen-bond donors (Lipinski definition) is 1. The Kier molecular flexibility index (Phi) is 4.64. The molecule has 1 N–H and O–H groups in total. The number of para-hydroxylation sites is 1. The molecule has 1 aromatic heterocycles. The minimum Gasteiger partial charge on any atom is -0.461 e. The predicted molar refractivity (Wildman–Crippen MR) is 77.8 cm³/mol. The van der Waals surface area contributed by atoms with E-state index in [1.54, 1.807) is 19.1 Å². The third-order valence-electron chi connectivity index (χ3n) is 2.53. The van der Waals surface area contributed by atoms with Crippen molar-refractivity contribution in [1.29, 1.82) is 0 Å². The van der Waals surface area contributed by atoms with Crippen LogP contribution in [0.15, 0.2) is 24.3 Å². The summed E-state index contributed by atoms with van der Waals surface area (Å²) in [5, 5.41) is 3.01. The molecule has 0 aliphatic carbocycles. The van der Waals surface area contributed by atoms with E-state index in [1.165, 1.54) is 19.1 Å². The first-order chi connectivity index (χ1) is 10.0. The van der Waals surface area contributed by atoms with Gasteiger partial charge in [0.15, 0.2) is 16.6 Å². The van der Waals surface area contributed by atoms with Gasteiger partial charge in [-0.2, -0.15) is 0 Å². The van der Waals surface area contributed by atoms with Crippen molar-refractivity contribution in [1.82, 2.24) is 4.98 Å². The van der Waals surface area contributed by atoms with Gasteiger partial charge in [-0.15, -0.1) is 0 Å². The van der Waals surface area contributed by atoms with Crippen LogP contribution in [0.3, 0.4) is 0 Å². The summed E-state index contributed by atoms with van der Waals surface area (Å²) < 4.78 is 18.4. The predicted octanol–water partition coefficient (Wildman–Crippen LogP) is 3.41. The number of carbonyl (C=O) groups excluding carboxylic acids is 2. The Morgan fingerprint density at radius 2 is 2.10 bits per heavy atom. The van der Waals surface area contributed by atoms with E-state index in [-0.39, 0.29) is 33.8 Å². The van der Waals surface area contributed by atoms with Crippen LogP contribution in [0.25, 0.3) is 0 Å². The Bertz CT molecular complexity index is 685. The second-order valence-corrected chi connectivity index (χ2v) is 5.08. The molecule has 7 heteroatoms. The second kappa shape index (κ2) is 6.45. The molecule has 0 atom stereocenters. The van der Waals surface area contributed by atoms with E-state index in [0.717, 1.165) is 11.3 Å². The van der Waals surface area contributed by atoms with E-state index in [1.807, 2.05) is 0 Å². The van der Waals surface area contributed by atoms with Gasteiger partial charge in [0.05, 0.1) is 12.3 Å². The van der Waals surface area contributed by atoms with Crippen molar-refractivity contribution in [2.75, 3.05) is 11.9 Å². The fraction of sp³-hybridized carbons (Fsp3) is 0.214. The molecule has 1 aromatic carbocycles. The average molecular weight is 308 g/mol. The number of ether oxygens (including phenoxy) is 1. The molecule has 0 unspecified atom stereocenters. The molecule has 1 heterocycles. The van der Waals surface area contributed by atoms with Crippen LogP contribution in [0.5, 0.6) is 0 Å². The lowest BCUT2D eigenvalue weighted by Crippen LogP contribution is -2.09. The third-order valence-corrected chi connectivity index (χ3v) is 3.60. The lowest BCUT2D eigenvalue weighted by Gasteiger charge is -2.02. The minimum atomic E-state index is -0.666. The lowest BCUT2D eigenvalue weighted by molar-refractivity contribution is 0.0517. The van der Waals surface area contributed by atoms with Crippen LogP contribution in [-0.2, 0) is 4.74 Å². The van der Waals surface area contributed by atoms with Crippen molar-refractivity contribution in [2.24, 2.45) is 0 Å². The van der Waals surface area contributed by atoms with E-state index in [4.69, 9.17) is 4.74 Å². The molecular weight excluding hydrogens is 295 g/mol. The maximum absolute atomic E-state index is 13.6. The molecule has 5 nitrogen and oxygen atoms in total. The number of hydrogen-bond acceptors (Lipinski definition) is 6. The number of rotatable bonds is 5. The van der Waals surface area contributed by atoms with Crippen LogP contribution in [0.2, 0.25) is 0 Å². The number of Topliss-reactive ketones (excluding diaryl/α,β-unsaturated/α-hetero) is 1. The van der Waals surface area contributed by atoms with Gasteiger partial charge < -0.3 is 10.1 Å². The van der Waals surface area contributed by atoms with Crippen molar-refractivity contribution in [3.63, 3.8) is 0 Å². The number of nitrogens with one attached hydrogen (secondary N) is 1. The number of halogens is 1. The largest absolute Gasteiger partial charge is 0.461 e. The Hall–Kier alpha value is -2.28. The molecule has 0 bridgehead atoms. The number of benzene rings is 1. The molecule has 0 spiro atoms. The van der Waals surface area contributed by atoms with Crippen LogP contribution in [0.4, 0.5) is 15.2 Å². The number of esters is 1. The van der Waals surface area contributed by atoms with Gasteiger partial charge >= 0.3 is 5.97 Å². The Balaban J connectivity index is 2.34. The van der Waals surface area contributed by atoms with Crippen LogP contribution >= 0.6 is 11.3 Å². The number of anilines is 2. The van der Waals surface area contributed by atoms with Gasteiger partial charge in [0.2, 0.25) is 0 Å².